The van der Waals surface area contributed by atoms with Crippen LogP contribution < -0.4 is 5.32 Å². The van der Waals surface area contributed by atoms with Gasteiger partial charge in [-0.05, 0) is 26.2 Å². The highest BCUT2D eigenvalue weighted by molar-refractivity contribution is 5.81. The van der Waals surface area contributed by atoms with Crippen molar-refractivity contribution in [1.29, 1.82) is 0 Å². The second-order valence-corrected chi connectivity index (χ2v) is 3.71. The highest BCUT2D eigenvalue weighted by Crippen LogP contribution is 2.19. The van der Waals surface area contributed by atoms with Crippen LogP contribution in [0.1, 0.15) is 47.0 Å². The van der Waals surface area contributed by atoms with Gasteiger partial charge in [-0.25, -0.2) is 0 Å². The van der Waals surface area contributed by atoms with Gasteiger partial charge in [-0.3, -0.25) is 4.79 Å². The zero-order chi connectivity index (χ0) is 11.2. The fourth-order valence-corrected chi connectivity index (χ4v) is 1.49. The molecular formula is C11H23NO2. The van der Waals surface area contributed by atoms with Gasteiger partial charge in [0.05, 0.1) is 0 Å². The molecule has 0 fully saturated rings. The maximum absolute atomic E-state index is 11.6. The summed E-state index contributed by atoms with van der Waals surface area (Å²) in [6.07, 6.45) is 2.52. The summed E-state index contributed by atoms with van der Waals surface area (Å²) in [5.41, 5.74) is -0.0517. The normalized spacial score (nSPS) is 13.8. The molecule has 14 heavy (non-hydrogen) atoms. The molecule has 0 saturated carbocycles. The molecule has 1 unspecified atom stereocenters. The predicted octanol–water partition coefficient (Wildman–Crippen LogP) is 2.11. The van der Waals surface area contributed by atoms with Crippen LogP contribution in [0.3, 0.4) is 0 Å². The highest BCUT2D eigenvalue weighted by Gasteiger charge is 2.27. The Morgan fingerprint density at radius 3 is 2.00 bits per heavy atom. The first-order chi connectivity index (χ1) is 6.55. The van der Waals surface area contributed by atoms with Crippen molar-refractivity contribution in [2.45, 2.75) is 58.6 Å². The van der Waals surface area contributed by atoms with Gasteiger partial charge < -0.3 is 10.1 Å². The molecule has 0 aliphatic rings. The minimum Gasteiger partial charge on any atom is -0.372 e. The topological polar surface area (TPSA) is 38.3 Å². The average molecular weight is 201 g/mol. The van der Waals surface area contributed by atoms with Crippen molar-refractivity contribution in [3.63, 3.8) is 0 Å². The van der Waals surface area contributed by atoms with E-state index in [0.717, 1.165) is 19.3 Å². The van der Waals surface area contributed by atoms with E-state index in [-0.39, 0.29) is 17.6 Å². The number of ether oxygens (including phenoxy) is 1. The molecule has 0 radical (unpaired) electrons. The standard InChI is InChI=1S/C11H23NO2/c1-6-11(7-2,8-3)12-10(13)9(4)14-5/h9H,6-8H2,1-5H3,(H,12,13). The summed E-state index contributed by atoms with van der Waals surface area (Å²) in [5.74, 6) is -0.0157. The number of nitrogens with one attached hydrogen (secondary N) is 1. The summed E-state index contributed by atoms with van der Waals surface area (Å²) in [7, 11) is 1.55. The number of carbonyl (C=O) groups excluding carboxylic acids is 1. The van der Waals surface area contributed by atoms with Gasteiger partial charge in [0.2, 0.25) is 5.91 Å². The number of amides is 1. The number of rotatable bonds is 6. The van der Waals surface area contributed by atoms with E-state index in [4.69, 9.17) is 4.74 Å². The molecule has 0 spiro atoms. The van der Waals surface area contributed by atoms with Crippen LogP contribution in [0.5, 0.6) is 0 Å². The van der Waals surface area contributed by atoms with E-state index < -0.39 is 0 Å². The predicted molar refractivity (Wildman–Crippen MR) is 58.2 cm³/mol. The van der Waals surface area contributed by atoms with Crippen molar-refractivity contribution in [1.82, 2.24) is 5.32 Å². The molecule has 0 aliphatic heterocycles. The van der Waals surface area contributed by atoms with Gasteiger partial charge in [0.15, 0.2) is 0 Å². The third-order valence-corrected chi connectivity index (χ3v) is 3.14. The fraction of sp³-hybridized carbons (Fsp3) is 0.909. The quantitative estimate of drug-likeness (QED) is 0.714. The largest absolute Gasteiger partial charge is 0.372 e. The van der Waals surface area contributed by atoms with Crippen molar-refractivity contribution in [3.05, 3.63) is 0 Å². The molecule has 0 saturated heterocycles. The molecule has 1 N–H and O–H groups in total. The Balaban J connectivity index is 4.37. The van der Waals surface area contributed by atoms with Crippen molar-refractivity contribution >= 4 is 5.91 Å². The minimum atomic E-state index is -0.362. The third-order valence-electron chi connectivity index (χ3n) is 3.14. The molecule has 0 aromatic rings. The van der Waals surface area contributed by atoms with Crippen LogP contribution in [-0.4, -0.2) is 24.7 Å². The zero-order valence-electron chi connectivity index (χ0n) is 10.0. The van der Waals surface area contributed by atoms with Crippen LogP contribution in [0, 0.1) is 0 Å². The Bertz CT molecular complexity index is 168. The number of hydrogen-bond acceptors (Lipinski definition) is 2. The molecule has 1 amide bonds. The Hall–Kier alpha value is -0.570. The molecular weight excluding hydrogens is 178 g/mol. The number of hydrogen-bond donors (Lipinski definition) is 1. The van der Waals surface area contributed by atoms with Gasteiger partial charge in [-0.15, -0.1) is 0 Å². The van der Waals surface area contributed by atoms with Crippen molar-refractivity contribution < 1.29 is 9.53 Å². The van der Waals surface area contributed by atoms with Crippen LogP contribution in [-0.2, 0) is 9.53 Å². The fourth-order valence-electron chi connectivity index (χ4n) is 1.49. The van der Waals surface area contributed by atoms with Crippen LogP contribution >= 0.6 is 0 Å². The lowest BCUT2D eigenvalue weighted by Gasteiger charge is -2.32. The van der Waals surface area contributed by atoms with Crippen molar-refractivity contribution in [3.8, 4) is 0 Å². The number of methoxy groups -OCH3 is 1. The monoisotopic (exact) mass is 201 g/mol. The average Bonchev–Trinajstić information content (AvgIpc) is 2.24. The maximum atomic E-state index is 11.6. The van der Waals surface area contributed by atoms with Crippen LogP contribution in [0.4, 0.5) is 0 Å². The summed E-state index contributed by atoms with van der Waals surface area (Å²) in [6.45, 7) is 8.07. The molecule has 0 bridgehead atoms. The van der Waals surface area contributed by atoms with Crippen molar-refractivity contribution in [2.75, 3.05) is 7.11 Å². The summed E-state index contributed by atoms with van der Waals surface area (Å²) in [4.78, 5) is 11.6. The van der Waals surface area contributed by atoms with Gasteiger partial charge in [0.25, 0.3) is 0 Å². The van der Waals surface area contributed by atoms with E-state index in [1.165, 1.54) is 0 Å². The van der Waals surface area contributed by atoms with E-state index in [9.17, 15) is 4.79 Å². The Kier molecular flexibility index (Phi) is 5.77. The van der Waals surface area contributed by atoms with Gasteiger partial charge in [0, 0.05) is 12.6 Å². The summed E-state index contributed by atoms with van der Waals surface area (Å²) < 4.78 is 4.98. The number of carbonyl (C=O) groups is 1. The van der Waals surface area contributed by atoms with Gasteiger partial charge >= 0.3 is 0 Å². The highest BCUT2D eigenvalue weighted by atomic mass is 16.5. The van der Waals surface area contributed by atoms with E-state index in [1.807, 2.05) is 0 Å². The Morgan fingerprint density at radius 1 is 1.29 bits per heavy atom. The van der Waals surface area contributed by atoms with Crippen molar-refractivity contribution in [2.24, 2.45) is 0 Å². The minimum absolute atomic E-state index is 0.0157. The first-order valence-corrected chi connectivity index (χ1v) is 5.40. The lowest BCUT2D eigenvalue weighted by molar-refractivity contribution is -0.132. The molecule has 0 rings (SSSR count). The van der Waals surface area contributed by atoms with E-state index >= 15 is 0 Å². The van der Waals surface area contributed by atoms with Crippen LogP contribution in [0.2, 0.25) is 0 Å². The first-order valence-electron chi connectivity index (χ1n) is 5.40. The van der Waals surface area contributed by atoms with Gasteiger partial charge in [-0.1, -0.05) is 20.8 Å². The van der Waals surface area contributed by atoms with Gasteiger partial charge in [-0.2, -0.15) is 0 Å². The molecule has 84 valence electrons. The molecule has 3 nitrogen and oxygen atoms in total. The van der Waals surface area contributed by atoms with Crippen LogP contribution in [0.15, 0.2) is 0 Å². The molecule has 3 heteroatoms. The third kappa shape index (κ3) is 3.29. The Morgan fingerprint density at radius 2 is 1.71 bits per heavy atom. The second-order valence-electron chi connectivity index (χ2n) is 3.71. The summed E-state index contributed by atoms with van der Waals surface area (Å²) in [6, 6.07) is 0. The first kappa shape index (κ1) is 13.4. The summed E-state index contributed by atoms with van der Waals surface area (Å²) in [5, 5.41) is 3.07. The maximum Gasteiger partial charge on any atom is 0.249 e. The molecule has 0 aliphatic carbocycles. The van der Waals surface area contributed by atoms with E-state index in [0.29, 0.717) is 0 Å². The van der Waals surface area contributed by atoms with Crippen LogP contribution in [0.25, 0.3) is 0 Å². The van der Waals surface area contributed by atoms with E-state index in [2.05, 4.69) is 26.1 Å². The Labute approximate surface area is 87.2 Å². The molecule has 1 atom stereocenters. The summed E-state index contributed by atoms with van der Waals surface area (Å²) >= 11 is 0. The molecule has 0 aromatic heterocycles. The van der Waals surface area contributed by atoms with E-state index in [1.54, 1.807) is 14.0 Å². The lowest BCUT2D eigenvalue weighted by atomic mass is 9.89. The van der Waals surface area contributed by atoms with Gasteiger partial charge in [0.1, 0.15) is 6.10 Å². The SMILES string of the molecule is CCC(CC)(CC)NC(=O)C(C)OC. The second kappa shape index (κ2) is 6.02. The lowest BCUT2D eigenvalue weighted by Crippen LogP contribution is -2.50. The molecule has 0 aromatic carbocycles. The zero-order valence-corrected chi connectivity index (χ0v) is 10.0. The molecule has 0 heterocycles. The smallest absolute Gasteiger partial charge is 0.249 e.